The van der Waals surface area contributed by atoms with Gasteiger partial charge in [0, 0.05) is 58.1 Å². The van der Waals surface area contributed by atoms with Crippen LogP contribution in [0.4, 0.5) is 11.5 Å². The number of amides is 2. The van der Waals surface area contributed by atoms with E-state index in [9.17, 15) is 9.59 Å². The van der Waals surface area contributed by atoms with E-state index in [1.807, 2.05) is 49.5 Å². The van der Waals surface area contributed by atoms with Gasteiger partial charge < -0.3 is 15.5 Å². The summed E-state index contributed by atoms with van der Waals surface area (Å²) in [4.78, 5) is 38.8. The molecule has 254 valence electrons. The molecule has 3 aliphatic heterocycles. The quantitative estimate of drug-likeness (QED) is 0.193. The number of aromatic nitrogens is 4. The van der Waals surface area contributed by atoms with Crippen LogP contribution in [0.5, 0.6) is 0 Å². The summed E-state index contributed by atoms with van der Waals surface area (Å²) >= 11 is 7.95. The molecule has 5 aromatic rings. The summed E-state index contributed by atoms with van der Waals surface area (Å²) in [6, 6.07) is 17.4. The van der Waals surface area contributed by atoms with Gasteiger partial charge in [0.15, 0.2) is 5.82 Å². The van der Waals surface area contributed by atoms with Crippen molar-refractivity contribution in [1.29, 1.82) is 0 Å². The first-order valence-electron chi connectivity index (χ1n) is 17.0. The number of piperidine rings is 1. The van der Waals surface area contributed by atoms with Crippen LogP contribution in [0.3, 0.4) is 0 Å². The van der Waals surface area contributed by atoms with Gasteiger partial charge in [0.05, 0.1) is 18.6 Å². The van der Waals surface area contributed by atoms with Crippen molar-refractivity contribution in [2.24, 2.45) is 10.9 Å². The summed E-state index contributed by atoms with van der Waals surface area (Å²) in [6.07, 6.45) is 4.43. The first-order chi connectivity index (χ1) is 24.2. The molecule has 0 unspecified atom stereocenters. The molecule has 1 saturated heterocycles. The maximum atomic E-state index is 13.5. The van der Waals surface area contributed by atoms with Crippen molar-refractivity contribution in [2.45, 2.75) is 52.5 Å². The van der Waals surface area contributed by atoms with Crippen LogP contribution in [-0.2, 0) is 16.0 Å². The predicted molar refractivity (Wildman–Crippen MR) is 198 cm³/mol. The van der Waals surface area contributed by atoms with Crippen LogP contribution in [0.1, 0.15) is 64.1 Å². The summed E-state index contributed by atoms with van der Waals surface area (Å²) in [7, 11) is 0. The van der Waals surface area contributed by atoms with E-state index in [4.69, 9.17) is 21.6 Å². The van der Waals surface area contributed by atoms with E-state index in [1.165, 1.54) is 4.88 Å². The van der Waals surface area contributed by atoms with Crippen molar-refractivity contribution >= 4 is 52.0 Å². The molecule has 8 rings (SSSR count). The summed E-state index contributed by atoms with van der Waals surface area (Å²) < 4.78 is 2.08. The second-order valence-corrected chi connectivity index (χ2v) is 15.0. The predicted octanol–water partition coefficient (Wildman–Crippen LogP) is 6.78. The Labute approximate surface area is 299 Å². The standard InChI is InChI=1S/C38H37ClN8O2S/c1-21-22(2)50-38-35(21)36(25-4-8-29(39)9-5-25)43-31(37-45-44-23(3)47(37)38)18-33(48)41-19-24-12-14-46(15-13-24)32-11-7-27(20-40-32)26-6-10-30-28(16-26)17-34(49)42-30/h4-11,16,20,24,31H,12-15,17-19H2,1-3H3,(H,41,48)(H,42,49)/t31-/m0/s1. The number of carbonyl (C=O) groups is 2. The highest BCUT2D eigenvalue weighted by Crippen LogP contribution is 2.40. The third-order valence-electron chi connectivity index (χ3n) is 10.1. The van der Waals surface area contributed by atoms with Gasteiger partial charge in [-0.25, -0.2) is 4.98 Å². The van der Waals surface area contributed by atoms with Crippen molar-refractivity contribution in [2.75, 3.05) is 29.9 Å². The van der Waals surface area contributed by atoms with Crippen LogP contribution < -0.4 is 15.5 Å². The van der Waals surface area contributed by atoms with Crippen LogP contribution in [0.2, 0.25) is 5.02 Å². The minimum Gasteiger partial charge on any atom is -0.357 e. The zero-order valence-electron chi connectivity index (χ0n) is 28.2. The number of hydrogen-bond acceptors (Lipinski definition) is 8. The molecule has 10 nitrogen and oxygen atoms in total. The number of carbonyl (C=O) groups excluding carboxylic acids is 2. The third kappa shape index (κ3) is 6.09. The molecule has 0 bridgehead atoms. The fourth-order valence-electron chi connectivity index (χ4n) is 7.16. The topological polar surface area (TPSA) is 117 Å². The van der Waals surface area contributed by atoms with Gasteiger partial charge >= 0.3 is 0 Å². The molecular formula is C38H37ClN8O2S. The molecule has 3 aromatic heterocycles. The van der Waals surface area contributed by atoms with Gasteiger partial charge in [-0.2, -0.15) is 0 Å². The number of thiophene rings is 1. The lowest BCUT2D eigenvalue weighted by Crippen LogP contribution is -2.39. The molecule has 50 heavy (non-hydrogen) atoms. The lowest BCUT2D eigenvalue weighted by molar-refractivity contribution is -0.121. The Bertz CT molecular complexity index is 2150. The highest BCUT2D eigenvalue weighted by atomic mass is 35.5. The summed E-state index contributed by atoms with van der Waals surface area (Å²) in [5.41, 5.74) is 8.01. The van der Waals surface area contributed by atoms with Crippen LogP contribution in [0.25, 0.3) is 16.1 Å². The van der Waals surface area contributed by atoms with Crippen molar-refractivity contribution in [1.82, 2.24) is 25.1 Å². The fourth-order valence-corrected chi connectivity index (χ4v) is 8.50. The molecule has 3 aliphatic rings. The molecule has 2 N–H and O–H groups in total. The van der Waals surface area contributed by atoms with E-state index >= 15 is 0 Å². The molecule has 1 atom stereocenters. The number of halogens is 1. The Morgan fingerprint density at radius 3 is 2.52 bits per heavy atom. The molecule has 0 saturated carbocycles. The lowest BCUT2D eigenvalue weighted by atomic mass is 9.96. The second-order valence-electron chi connectivity index (χ2n) is 13.3. The molecule has 1 fully saturated rings. The zero-order chi connectivity index (χ0) is 34.5. The highest BCUT2D eigenvalue weighted by Gasteiger charge is 2.33. The Morgan fingerprint density at radius 2 is 1.76 bits per heavy atom. The SMILES string of the molecule is Cc1sc2c(c1C)C(c1ccc(Cl)cc1)=N[C@@H](CC(=O)NCC1CCN(c3ccc(-c4ccc5c(c4)CC(=O)N5)cn3)CC1)c1nnc(C)n1-2. The fraction of sp³-hybridized carbons (Fsp3) is 0.316. The number of nitrogens with zero attached hydrogens (tertiary/aromatic N) is 6. The molecule has 2 amide bonds. The zero-order valence-corrected chi connectivity index (χ0v) is 29.7. The number of nitrogens with one attached hydrogen (secondary N) is 2. The number of aryl methyl sites for hydroxylation is 2. The molecule has 12 heteroatoms. The van der Waals surface area contributed by atoms with Crippen molar-refractivity contribution < 1.29 is 9.59 Å². The minimum absolute atomic E-state index is 0.0364. The first kappa shape index (κ1) is 32.3. The maximum Gasteiger partial charge on any atom is 0.228 e. The normalized spacial score (nSPS) is 17.0. The molecular weight excluding hydrogens is 668 g/mol. The molecule has 0 radical (unpaired) electrons. The van der Waals surface area contributed by atoms with Gasteiger partial charge in [0.1, 0.15) is 22.7 Å². The number of fused-ring (bicyclic) bond motifs is 4. The molecule has 0 spiro atoms. The Kier molecular flexibility index (Phi) is 8.48. The monoisotopic (exact) mass is 704 g/mol. The second kappa shape index (κ2) is 13.1. The maximum absolute atomic E-state index is 13.5. The lowest BCUT2D eigenvalue weighted by Gasteiger charge is -2.33. The minimum atomic E-state index is -0.493. The van der Waals surface area contributed by atoms with E-state index in [2.05, 4.69) is 62.3 Å². The number of rotatable bonds is 7. The van der Waals surface area contributed by atoms with Crippen LogP contribution in [-0.4, -0.2) is 56.9 Å². The molecule has 6 heterocycles. The first-order valence-corrected chi connectivity index (χ1v) is 18.2. The Hall–Kier alpha value is -4.87. The van der Waals surface area contributed by atoms with Gasteiger partial charge in [-0.3, -0.25) is 19.1 Å². The van der Waals surface area contributed by atoms with E-state index < -0.39 is 6.04 Å². The molecule has 0 aliphatic carbocycles. The van der Waals surface area contributed by atoms with E-state index in [0.717, 1.165) is 87.4 Å². The van der Waals surface area contributed by atoms with Crippen molar-refractivity contribution in [3.8, 4) is 16.1 Å². The average Bonchev–Trinajstić information content (AvgIpc) is 3.76. The highest BCUT2D eigenvalue weighted by molar-refractivity contribution is 7.15. The third-order valence-corrected chi connectivity index (χ3v) is 11.5. The number of anilines is 2. The van der Waals surface area contributed by atoms with E-state index in [1.54, 1.807) is 11.3 Å². The van der Waals surface area contributed by atoms with Gasteiger partial charge in [0.2, 0.25) is 11.8 Å². The van der Waals surface area contributed by atoms with Gasteiger partial charge in [-0.05, 0) is 92.6 Å². The number of hydrogen-bond donors (Lipinski definition) is 2. The van der Waals surface area contributed by atoms with E-state index in [-0.39, 0.29) is 18.2 Å². The average molecular weight is 705 g/mol. The Balaban J connectivity index is 0.918. The van der Waals surface area contributed by atoms with Crippen molar-refractivity contribution in [3.05, 3.63) is 105 Å². The number of benzene rings is 2. The van der Waals surface area contributed by atoms with E-state index in [0.29, 0.717) is 29.7 Å². The molecule has 2 aromatic carbocycles. The summed E-state index contributed by atoms with van der Waals surface area (Å²) in [5, 5.41) is 16.7. The summed E-state index contributed by atoms with van der Waals surface area (Å²) in [5.74, 6) is 2.77. The van der Waals surface area contributed by atoms with Crippen LogP contribution in [0.15, 0.2) is 65.8 Å². The van der Waals surface area contributed by atoms with Crippen LogP contribution >= 0.6 is 22.9 Å². The number of pyridine rings is 1. The number of aliphatic imine (C=N–C) groups is 1. The van der Waals surface area contributed by atoms with Gasteiger partial charge in [-0.1, -0.05) is 29.8 Å². The Morgan fingerprint density at radius 1 is 1.00 bits per heavy atom. The van der Waals surface area contributed by atoms with Gasteiger partial charge in [-0.15, -0.1) is 21.5 Å². The van der Waals surface area contributed by atoms with Crippen LogP contribution in [0, 0.1) is 26.7 Å². The smallest absolute Gasteiger partial charge is 0.228 e. The van der Waals surface area contributed by atoms with Gasteiger partial charge in [0.25, 0.3) is 0 Å². The summed E-state index contributed by atoms with van der Waals surface area (Å²) in [6.45, 7) is 8.56. The van der Waals surface area contributed by atoms with Crippen molar-refractivity contribution in [3.63, 3.8) is 0 Å². The largest absolute Gasteiger partial charge is 0.357 e.